The minimum Gasteiger partial charge on any atom is -0.356 e. The Morgan fingerprint density at radius 1 is 1.00 bits per heavy atom. The Kier molecular flexibility index (Phi) is 4.71. The van der Waals surface area contributed by atoms with Crippen molar-refractivity contribution in [3.8, 4) is 11.3 Å². The fourth-order valence-corrected chi connectivity index (χ4v) is 3.36. The van der Waals surface area contributed by atoms with Gasteiger partial charge in [0.2, 0.25) is 0 Å². The van der Waals surface area contributed by atoms with Crippen LogP contribution >= 0.6 is 11.6 Å². The molecule has 0 saturated heterocycles. The van der Waals surface area contributed by atoms with Gasteiger partial charge in [-0.25, -0.2) is 0 Å². The first-order valence-corrected chi connectivity index (χ1v) is 8.68. The van der Waals surface area contributed by atoms with Crippen molar-refractivity contribution in [3.05, 3.63) is 76.9 Å². The molecule has 1 heterocycles. The van der Waals surface area contributed by atoms with E-state index < -0.39 is 10.8 Å². The van der Waals surface area contributed by atoms with Crippen LogP contribution in [0.1, 0.15) is 11.3 Å². The van der Waals surface area contributed by atoms with E-state index in [1.165, 1.54) is 0 Å². The molecule has 0 unspecified atom stereocenters. The number of benzene rings is 2. The third kappa shape index (κ3) is 3.84. The third-order valence-corrected chi connectivity index (χ3v) is 4.69. The lowest BCUT2D eigenvalue weighted by Gasteiger charge is -2.00. The second-order valence-electron chi connectivity index (χ2n) is 4.90. The number of nitrogens with zero attached hydrogens (tertiary/aromatic N) is 1. The molecule has 0 N–H and O–H groups in total. The van der Waals surface area contributed by atoms with E-state index in [0.717, 1.165) is 11.1 Å². The summed E-state index contributed by atoms with van der Waals surface area (Å²) in [7, 11) is -1.04. The molecule has 0 amide bonds. The van der Waals surface area contributed by atoms with Gasteiger partial charge in [-0.1, -0.05) is 59.2 Å². The summed E-state index contributed by atoms with van der Waals surface area (Å²) in [5.41, 5.74) is 2.66. The highest BCUT2D eigenvalue weighted by molar-refractivity contribution is 7.83. The molecule has 3 nitrogen and oxygen atoms in total. The SMILES string of the molecule is O=[S@](Cc1ccc(Cl)cc1)Cc1cc(-c2ccccc2)on1. The summed E-state index contributed by atoms with van der Waals surface area (Å²) in [4.78, 5) is 0. The summed E-state index contributed by atoms with van der Waals surface area (Å²) >= 11 is 5.84. The molecule has 22 heavy (non-hydrogen) atoms. The Bertz CT molecular complexity index is 769. The highest BCUT2D eigenvalue weighted by atomic mass is 35.5. The first-order valence-electron chi connectivity index (χ1n) is 6.81. The molecular weight excluding hydrogens is 318 g/mol. The molecule has 0 aliphatic heterocycles. The zero-order chi connectivity index (χ0) is 15.4. The van der Waals surface area contributed by atoms with Gasteiger partial charge in [-0.3, -0.25) is 4.21 Å². The monoisotopic (exact) mass is 331 g/mol. The fourth-order valence-electron chi connectivity index (χ4n) is 2.10. The van der Waals surface area contributed by atoms with Crippen LogP contribution in [-0.2, 0) is 22.3 Å². The maximum atomic E-state index is 12.2. The lowest BCUT2D eigenvalue weighted by molar-refractivity contribution is 0.426. The normalized spacial score (nSPS) is 12.2. The van der Waals surface area contributed by atoms with Gasteiger partial charge in [-0.05, 0) is 17.7 Å². The van der Waals surface area contributed by atoms with Crippen LogP contribution in [0.3, 0.4) is 0 Å². The van der Waals surface area contributed by atoms with Crippen molar-refractivity contribution in [2.24, 2.45) is 0 Å². The third-order valence-electron chi connectivity index (χ3n) is 3.17. The van der Waals surface area contributed by atoms with Crippen molar-refractivity contribution >= 4 is 22.4 Å². The van der Waals surface area contributed by atoms with Crippen LogP contribution in [0, 0.1) is 0 Å². The molecule has 0 aliphatic rings. The summed E-state index contributed by atoms with van der Waals surface area (Å²) in [5, 5.41) is 4.68. The van der Waals surface area contributed by atoms with Crippen molar-refractivity contribution in [1.82, 2.24) is 5.16 Å². The van der Waals surface area contributed by atoms with Gasteiger partial charge >= 0.3 is 0 Å². The van der Waals surface area contributed by atoms with Crippen LogP contribution < -0.4 is 0 Å². The van der Waals surface area contributed by atoms with Gasteiger partial charge in [0.05, 0.1) is 11.4 Å². The van der Waals surface area contributed by atoms with E-state index in [4.69, 9.17) is 16.1 Å². The van der Waals surface area contributed by atoms with Gasteiger partial charge in [0.1, 0.15) is 0 Å². The minimum absolute atomic E-state index is 0.374. The lowest BCUT2D eigenvalue weighted by Crippen LogP contribution is -1.99. The Morgan fingerprint density at radius 2 is 1.73 bits per heavy atom. The molecule has 0 aliphatic carbocycles. The van der Waals surface area contributed by atoms with Crippen molar-refractivity contribution in [2.45, 2.75) is 11.5 Å². The van der Waals surface area contributed by atoms with Gasteiger partial charge in [-0.15, -0.1) is 0 Å². The van der Waals surface area contributed by atoms with Crippen LogP contribution in [0.25, 0.3) is 11.3 Å². The minimum atomic E-state index is -1.04. The van der Waals surface area contributed by atoms with Crippen molar-refractivity contribution in [2.75, 3.05) is 0 Å². The molecule has 1 atom stereocenters. The van der Waals surface area contributed by atoms with Crippen molar-refractivity contribution < 1.29 is 8.73 Å². The van der Waals surface area contributed by atoms with Crippen molar-refractivity contribution in [1.29, 1.82) is 0 Å². The molecule has 0 spiro atoms. The molecule has 0 radical (unpaired) electrons. The van der Waals surface area contributed by atoms with Gasteiger partial charge in [0.15, 0.2) is 5.76 Å². The second kappa shape index (κ2) is 6.90. The van der Waals surface area contributed by atoms with Gasteiger partial charge in [0, 0.05) is 33.2 Å². The molecule has 3 rings (SSSR count). The molecule has 112 valence electrons. The largest absolute Gasteiger partial charge is 0.356 e. The topological polar surface area (TPSA) is 43.1 Å². The van der Waals surface area contributed by atoms with E-state index in [1.54, 1.807) is 12.1 Å². The average molecular weight is 332 g/mol. The van der Waals surface area contributed by atoms with E-state index in [9.17, 15) is 4.21 Å². The van der Waals surface area contributed by atoms with E-state index >= 15 is 0 Å². The van der Waals surface area contributed by atoms with Gasteiger partial charge in [0.25, 0.3) is 0 Å². The Labute approximate surface area is 136 Å². The number of halogens is 1. The van der Waals surface area contributed by atoms with Gasteiger partial charge < -0.3 is 4.52 Å². The maximum absolute atomic E-state index is 12.2. The maximum Gasteiger partial charge on any atom is 0.167 e. The molecule has 0 saturated carbocycles. The second-order valence-corrected chi connectivity index (χ2v) is 6.80. The predicted molar refractivity (Wildman–Crippen MR) is 88.9 cm³/mol. The molecular formula is C17H14ClNO2S. The van der Waals surface area contributed by atoms with Crippen LogP contribution in [0.4, 0.5) is 0 Å². The first kappa shape index (κ1) is 15.0. The van der Waals surface area contributed by atoms with Crippen LogP contribution in [-0.4, -0.2) is 9.37 Å². The molecule has 1 aromatic heterocycles. The fraction of sp³-hybridized carbons (Fsp3) is 0.118. The van der Waals surface area contributed by atoms with Crippen molar-refractivity contribution in [3.63, 3.8) is 0 Å². The molecule has 2 aromatic carbocycles. The highest BCUT2D eigenvalue weighted by Gasteiger charge is 2.10. The summed E-state index contributed by atoms with van der Waals surface area (Å²) in [6.07, 6.45) is 0. The lowest BCUT2D eigenvalue weighted by atomic mass is 10.2. The van der Waals surface area contributed by atoms with Gasteiger partial charge in [-0.2, -0.15) is 0 Å². The summed E-state index contributed by atoms with van der Waals surface area (Å²) in [6, 6.07) is 19.0. The van der Waals surface area contributed by atoms with E-state index in [1.807, 2.05) is 48.5 Å². The molecule has 0 bridgehead atoms. The number of aromatic nitrogens is 1. The quantitative estimate of drug-likeness (QED) is 0.694. The molecule has 3 aromatic rings. The van der Waals surface area contributed by atoms with Crippen LogP contribution in [0.15, 0.2) is 65.2 Å². The number of hydrogen-bond acceptors (Lipinski definition) is 3. The Balaban J connectivity index is 1.65. The molecule has 5 heteroatoms. The van der Waals surface area contributed by atoms with Crippen LogP contribution in [0.2, 0.25) is 5.02 Å². The average Bonchev–Trinajstić information content (AvgIpc) is 2.99. The highest BCUT2D eigenvalue weighted by Crippen LogP contribution is 2.21. The summed E-state index contributed by atoms with van der Waals surface area (Å²) in [5.74, 6) is 1.54. The molecule has 0 fully saturated rings. The first-order chi connectivity index (χ1) is 10.7. The summed E-state index contributed by atoms with van der Waals surface area (Å²) < 4.78 is 17.5. The Morgan fingerprint density at radius 3 is 2.45 bits per heavy atom. The standard InChI is InChI=1S/C17H14ClNO2S/c18-15-8-6-13(7-9-15)11-22(20)12-16-10-17(21-19-16)14-4-2-1-3-5-14/h1-10H,11-12H2/t22-/m1/s1. The van der Waals surface area contributed by atoms with E-state index in [2.05, 4.69) is 5.16 Å². The smallest absolute Gasteiger partial charge is 0.167 e. The summed E-state index contributed by atoms with van der Waals surface area (Å²) in [6.45, 7) is 0. The number of rotatable bonds is 5. The number of hydrogen-bond donors (Lipinski definition) is 0. The van der Waals surface area contributed by atoms with E-state index in [0.29, 0.717) is 28.0 Å². The zero-order valence-corrected chi connectivity index (χ0v) is 13.3. The zero-order valence-electron chi connectivity index (χ0n) is 11.7. The Hall–Kier alpha value is -1.91. The predicted octanol–water partition coefficient (Wildman–Crippen LogP) is 4.44. The van der Waals surface area contributed by atoms with Crippen LogP contribution in [0.5, 0.6) is 0 Å². The van der Waals surface area contributed by atoms with E-state index in [-0.39, 0.29) is 0 Å².